The van der Waals surface area contributed by atoms with Gasteiger partial charge in [-0.2, -0.15) is 0 Å². The van der Waals surface area contributed by atoms with E-state index in [0.29, 0.717) is 29.8 Å². The largest absolute Gasteiger partial charge is 0.366 e. The van der Waals surface area contributed by atoms with Crippen LogP contribution in [0.3, 0.4) is 0 Å². The van der Waals surface area contributed by atoms with Crippen LogP contribution in [0.2, 0.25) is 0 Å². The fourth-order valence-corrected chi connectivity index (χ4v) is 2.83. The number of ether oxygens (including phenoxy) is 1. The van der Waals surface area contributed by atoms with Crippen molar-refractivity contribution in [3.05, 3.63) is 40.4 Å². The van der Waals surface area contributed by atoms with Crippen molar-refractivity contribution in [2.24, 2.45) is 5.73 Å². The molecule has 29 heavy (non-hydrogen) atoms. The van der Waals surface area contributed by atoms with E-state index < -0.39 is 31.0 Å². The van der Waals surface area contributed by atoms with E-state index in [2.05, 4.69) is 15.3 Å². The molecule has 0 bridgehead atoms. The summed E-state index contributed by atoms with van der Waals surface area (Å²) in [7, 11) is 0. The number of aromatic nitrogens is 2. The van der Waals surface area contributed by atoms with Gasteiger partial charge < -0.3 is 20.8 Å². The van der Waals surface area contributed by atoms with Gasteiger partial charge in [0.2, 0.25) is 0 Å². The van der Waals surface area contributed by atoms with Gasteiger partial charge in [0.25, 0.3) is 17.4 Å². The van der Waals surface area contributed by atoms with E-state index in [0.717, 1.165) is 0 Å². The Hall–Kier alpha value is -1.85. The molecule has 1 aromatic heterocycles. The molecule has 1 aliphatic heterocycles. The molecule has 1 saturated heterocycles. The molecule has 2 aromatic rings. The van der Waals surface area contributed by atoms with E-state index in [4.69, 9.17) is 10.5 Å². The number of nitrogens with zero attached hydrogens (tertiary/aromatic N) is 2. The number of carbonyl (C=O) groups is 1. The summed E-state index contributed by atoms with van der Waals surface area (Å²) < 4.78 is 31.7. The predicted octanol–water partition coefficient (Wildman–Crippen LogP) is 0.678. The standard InChI is InChI=1S/C17H21F2N5O3.2ClH/c18-17(19,9-20)10-21-16(26)13-7-24(5-6-27-13)8-14-22-12-4-2-1-3-11(12)15(25)23-14;;/h1-4,13H,5-10,20H2,(H,21,26)(H,22,23,25);2*1H. The van der Waals surface area contributed by atoms with Gasteiger partial charge in [0.1, 0.15) is 11.9 Å². The molecular formula is C17H23Cl2F2N5O3. The summed E-state index contributed by atoms with van der Waals surface area (Å²) in [5, 5.41) is 2.67. The van der Waals surface area contributed by atoms with E-state index in [1.807, 2.05) is 4.90 Å². The molecule has 0 spiro atoms. The SMILES string of the molecule is Cl.Cl.NCC(F)(F)CNC(=O)C1CN(Cc2nc3ccccc3c(=O)[nH]2)CCO1. The van der Waals surface area contributed by atoms with Gasteiger partial charge in [0.05, 0.1) is 37.1 Å². The summed E-state index contributed by atoms with van der Waals surface area (Å²) in [4.78, 5) is 33.3. The molecule has 4 N–H and O–H groups in total. The van der Waals surface area contributed by atoms with Crippen molar-refractivity contribution >= 4 is 41.6 Å². The first-order valence-electron chi connectivity index (χ1n) is 8.55. The van der Waals surface area contributed by atoms with Crippen molar-refractivity contribution in [2.75, 3.05) is 32.8 Å². The Kier molecular flexibility index (Phi) is 9.37. The summed E-state index contributed by atoms with van der Waals surface area (Å²) in [6.45, 7) is -0.362. The van der Waals surface area contributed by atoms with Gasteiger partial charge in [-0.25, -0.2) is 13.8 Å². The third-order valence-corrected chi connectivity index (χ3v) is 4.30. The lowest BCUT2D eigenvalue weighted by Gasteiger charge is -2.32. The molecule has 0 aliphatic carbocycles. The van der Waals surface area contributed by atoms with Gasteiger partial charge in [-0.3, -0.25) is 14.5 Å². The highest BCUT2D eigenvalue weighted by Gasteiger charge is 2.31. The summed E-state index contributed by atoms with van der Waals surface area (Å²) in [6.07, 6.45) is -0.875. The van der Waals surface area contributed by atoms with Crippen LogP contribution in [0.25, 0.3) is 10.9 Å². The fraction of sp³-hybridized carbons (Fsp3) is 0.471. The van der Waals surface area contributed by atoms with Crippen LogP contribution in [0.15, 0.2) is 29.1 Å². The number of benzene rings is 1. The highest BCUT2D eigenvalue weighted by atomic mass is 35.5. The molecular weight excluding hydrogens is 431 g/mol. The summed E-state index contributed by atoms with van der Waals surface area (Å²) in [5.41, 5.74) is 5.31. The van der Waals surface area contributed by atoms with Gasteiger partial charge in [-0.15, -0.1) is 24.8 Å². The van der Waals surface area contributed by atoms with Crippen molar-refractivity contribution in [3.8, 4) is 0 Å². The average molecular weight is 454 g/mol. The number of rotatable bonds is 6. The number of amides is 1. The molecule has 1 aromatic carbocycles. The number of H-pyrrole nitrogens is 1. The van der Waals surface area contributed by atoms with Crippen molar-refractivity contribution in [2.45, 2.75) is 18.6 Å². The van der Waals surface area contributed by atoms with Crippen LogP contribution >= 0.6 is 24.8 Å². The van der Waals surface area contributed by atoms with Gasteiger partial charge in [0, 0.05) is 13.1 Å². The van der Waals surface area contributed by atoms with Crippen molar-refractivity contribution < 1.29 is 18.3 Å². The third-order valence-electron chi connectivity index (χ3n) is 4.30. The Morgan fingerprint density at radius 1 is 1.38 bits per heavy atom. The minimum absolute atomic E-state index is 0. The maximum Gasteiger partial charge on any atom is 0.277 e. The first-order valence-corrected chi connectivity index (χ1v) is 8.55. The number of halogens is 4. The van der Waals surface area contributed by atoms with Crippen LogP contribution in [0, 0.1) is 0 Å². The molecule has 12 heteroatoms. The Morgan fingerprint density at radius 3 is 2.83 bits per heavy atom. The van der Waals surface area contributed by atoms with Crippen molar-refractivity contribution in [1.29, 1.82) is 0 Å². The molecule has 8 nitrogen and oxygen atoms in total. The zero-order valence-corrected chi connectivity index (χ0v) is 17.0. The number of para-hydroxylation sites is 1. The summed E-state index contributed by atoms with van der Waals surface area (Å²) >= 11 is 0. The topological polar surface area (TPSA) is 113 Å². The lowest BCUT2D eigenvalue weighted by atomic mass is 10.2. The van der Waals surface area contributed by atoms with Crippen LogP contribution in [0.4, 0.5) is 8.78 Å². The van der Waals surface area contributed by atoms with Crippen LogP contribution in [-0.2, 0) is 16.1 Å². The minimum atomic E-state index is -3.15. The normalized spacial score (nSPS) is 17.3. The molecule has 1 amide bonds. The summed E-state index contributed by atoms with van der Waals surface area (Å²) in [6, 6.07) is 7.00. The maximum absolute atomic E-state index is 13.2. The predicted molar refractivity (Wildman–Crippen MR) is 109 cm³/mol. The number of morpholine rings is 1. The number of carbonyl (C=O) groups excluding carboxylic acids is 1. The smallest absolute Gasteiger partial charge is 0.277 e. The summed E-state index contributed by atoms with van der Waals surface area (Å²) in [5.74, 6) is -3.30. The zero-order valence-electron chi connectivity index (χ0n) is 15.4. The number of hydrogen-bond donors (Lipinski definition) is 3. The lowest BCUT2D eigenvalue weighted by Crippen LogP contribution is -2.52. The maximum atomic E-state index is 13.2. The minimum Gasteiger partial charge on any atom is -0.366 e. The number of nitrogens with one attached hydrogen (secondary N) is 2. The van der Waals surface area contributed by atoms with Gasteiger partial charge in [0.15, 0.2) is 0 Å². The Morgan fingerprint density at radius 2 is 2.10 bits per heavy atom. The van der Waals surface area contributed by atoms with E-state index in [1.54, 1.807) is 24.3 Å². The third kappa shape index (κ3) is 6.58. The Labute approximate surface area is 178 Å². The molecule has 1 fully saturated rings. The molecule has 3 rings (SSSR count). The first-order chi connectivity index (χ1) is 12.9. The van der Waals surface area contributed by atoms with Crippen LogP contribution < -0.4 is 16.6 Å². The van der Waals surface area contributed by atoms with Crippen molar-refractivity contribution in [1.82, 2.24) is 20.2 Å². The van der Waals surface area contributed by atoms with E-state index in [9.17, 15) is 18.4 Å². The number of alkyl halides is 2. The monoisotopic (exact) mass is 453 g/mol. The highest BCUT2D eigenvalue weighted by Crippen LogP contribution is 2.12. The molecule has 162 valence electrons. The molecule has 1 atom stereocenters. The van der Waals surface area contributed by atoms with E-state index in [1.165, 1.54) is 0 Å². The quantitative estimate of drug-likeness (QED) is 0.592. The molecule has 0 radical (unpaired) electrons. The number of nitrogens with two attached hydrogens (primary N) is 1. The molecule has 1 unspecified atom stereocenters. The second-order valence-electron chi connectivity index (χ2n) is 6.40. The van der Waals surface area contributed by atoms with Gasteiger partial charge in [-0.1, -0.05) is 12.1 Å². The van der Waals surface area contributed by atoms with Crippen LogP contribution in [0.1, 0.15) is 5.82 Å². The molecule has 0 saturated carbocycles. The first kappa shape index (κ1) is 25.2. The van der Waals surface area contributed by atoms with E-state index in [-0.39, 0.29) is 43.5 Å². The Balaban J connectivity index is 0.00000210. The Bertz CT molecular complexity index is 884. The van der Waals surface area contributed by atoms with Crippen LogP contribution in [-0.4, -0.2) is 65.6 Å². The van der Waals surface area contributed by atoms with Crippen molar-refractivity contribution in [3.63, 3.8) is 0 Å². The number of aromatic amines is 1. The fourth-order valence-electron chi connectivity index (χ4n) is 2.83. The highest BCUT2D eigenvalue weighted by molar-refractivity contribution is 5.85. The molecule has 2 heterocycles. The zero-order chi connectivity index (χ0) is 19.4. The number of fused-ring (bicyclic) bond motifs is 1. The average Bonchev–Trinajstić information content (AvgIpc) is 2.66. The van der Waals surface area contributed by atoms with Crippen LogP contribution in [0.5, 0.6) is 0 Å². The van der Waals surface area contributed by atoms with E-state index >= 15 is 0 Å². The second kappa shape index (κ2) is 10.8. The number of hydrogen-bond acceptors (Lipinski definition) is 6. The van der Waals surface area contributed by atoms with Gasteiger partial charge in [-0.05, 0) is 12.1 Å². The second-order valence-corrected chi connectivity index (χ2v) is 6.40. The molecule has 1 aliphatic rings. The lowest BCUT2D eigenvalue weighted by molar-refractivity contribution is -0.140. The van der Waals surface area contributed by atoms with Gasteiger partial charge >= 0.3 is 0 Å².